The number of halogens is 2. The molecule has 39 heavy (non-hydrogen) atoms. The summed E-state index contributed by atoms with van der Waals surface area (Å²) in [7, 11) is 0. The summed E-state index contributed by atoms with van der Waals surface area (Å²) in [6.07, 6.45) is 0. The van der Waals surface area contributed by atoms with Gasteiger partial charge in [0.05, 0.1) is 22.2 Å². The van der Waals surface area contributed by atoms with Crippen LogP contribution in [0.1, 0.15) is 29.2 Å². The summed E-state index contributed by atoms with van der Waals surface area (Å²) in [6, 6.07) is 36.9. The topological polar surface area (TPSA) is 32.8 Å². The lowest BCUT2D eigenvalue weighted by atomic mass is 9.75. The molecule has 1 aliphatic heterocycles. The van der Waals surface area contributed by atoms with Crippen LogP contribution < -0.4 is 0 Å². The van der Waals surface area contributed by atoms with Gasteiger partial charge in [-0.15, -0.1) is 0 Å². The predicted octanol–water partition coefficient (Wildman–Crippen LogP) is 7.03. The van der Waals surface area contributed by atoms with Crippen LogP contribution in [-0.2, 0) is 21.6 Å². The van der Waals surface area contributed by atoms with Gasteiger partial charge in [-0.25, -0.2) is 0 Å². The van der Waals surface area contributed by atoms with Crippen LogP contribution in [0.25, 0.3) is 0 Å². The van der Waals surface area contributed by atoms with Crippen molar-refractivity contribution in [1.29, 1.82) is 0 Å². The highest BCUT2D eigenvalue weighted by atomic mass is 35.5. The van der Waals surface area contributed by atoms with E-state index in [0.29, 0.717) is 36.3 Å². The largest absolute Gasteiger partial charge is 0.465 e. The minimum absolute atomic E-state index is 0.217. The van der Waals surface area contributed by atoms with Crippen molar-refractivity contribution in [3.8, 4) is 0 Å². The quantitative estimate of drug-likeness (QED) is 0.171. The summed E-state index contributed by atoms with van der Waals surface area (Å²) in [4.78, 5) is 18.1. The predicted molar refractivity (Wildman–Crippen MR) is 158 cm³/mol. The first-order chi connectivity index (χ1) is 19.0. The van der Waals surface area contributed by atoms with Crippen molar-refractivity contribution >= 4 is 29.2 Å². The lowest BCUT2D eigenvalue weighted by Gasteiger charge is -2.51. The molecule has 200 valence electrons. The maximum Gasteiger partial charge on any atom is 0.324 e. The number of hydrogen-bond acceptors (Lipinski definition) is 4. The summed E-state index contributed by atoms with van der Waals surface area (Å²) >= 11 is 12.5. The van der Waals surface area contributed by atoms with Gasteiger partial charge >= 0.3 is 5.97 Å². The molecule has 1 unspecified atom stereocenters. The standard InChI is InChI=1S/C33H32Cl2N2O2/c1-2-39-32(38)31-24-37(21-20-36(31)23-25-18-19-29(34)30(35)22-25)33(26-12-6-3-7-13-26,27-14-8-4-9-15-27)28-16-10-5-11-17-28/h3-19,22,31H,2,20-21,23-24H2,1H3. The second kappa shape index (κ2) is 12.4. The van der Waals surface area contributed by atoms with Crippen LogP contribution in [0, 0.1) is 0 Å². The van der Waals surface area contributed by atoms with Gasteiger partial charge in [-0.2, -0.15) is 0 Å². The average molecular weight is 560 g/mol. The summed E-state index contributed by atoms with van der Waals surface area (Å²) < 4.78 is 5.62. The zero-order valence-corrected chi connectivity index (χ0v) is 23.5. The number of nitrogens with zero attached hydrogens (tertiary/aromatic N) is 2. The van der Waals surface area contributed by atoms with Crippen molar-refractivity contribution in [2.24, 2.45) is 0 Å². The number of hydrogen-bond donors (Lipinski definition) is 0. The highest BCUT2D eigenvalue weighted by Crippen LogP contribution is 2.43. The molecule has 0 amide bonds. The molecule has 0 N–H and O–H groups in total. The summed E-state index contributed by atoms with van der Waals surface area (Å²) in [5.41, 5.74) is 3.88. The smallest absolute Gasteiger partial charge is 0.324 e. The number of esters is 1. The molecule has 0 saturated carbocycles. The molecule has 4 aromatic rings. The van der Waals surface area contributed by atoms with Crippen LogP contribution in [0.3, 0.4) is 0 Å². The van der Waals surface area contributed by atoms with Gasteiger partial charge in [0.25, 0.3) is 0 Å². The molecule has 1 heterocycles. The Hall–Kier alpha value is -3.15. The summed E-state index contributed by atoms with van der Waals surface area (Å²) in [6.45, 7) is 4.68. The summed E-state index contributed by atoms with van der Waals surface area (Å²) in [5, 5.41) is 1.03. The van der Waals surface area contributed by atoms with E-state index in [0.717, 1.165) is 28.8 Å². The molecule has 1 saturated heterocycles. The highest BCUT2D eigenvalue weighted by Gasteiger charge is 2.46. The van der Waals surface area contributed by atoms with Crippen molar-refractivity contribution in [3.05, 3.63) is 141 Å². The Labute approximate surface area is 240 Å². The molecule has 6 heteroatoms. The Morgan fingerprint density at radius 2 is 1.33 bits per heavy atom. The van der Waals surface area contributed by atoms with E-state index in [9.17, 15) is 4.79 Å². The molecule has 0 spiro atoms. The number of benzene rings is 4. The first kappa shape index (κ1) is 27.4. The van der Waals surface area contributed by atoms with Gasteiger partial charge in [0.1, 0.15) is 6.04 Å². The fourth-order valence-electron chi connectivity index (χ4n) is 5.73. The lowest BCUT2D eigenvalue weighted by Crippen LogP contribution is -2.62. The third kappa shape index (κ3) is 5.61. The fraction of sp³-hybridized carbons (Fsp3) is 0.242. The second-order valence-electron chi connectivity index (χ2n) is 9.74. The van der Waals surface area contributed by atoms with Crippen LogP contribution in [0.5, 0.6) is 0 Å². The average Bonchev–Trinajstić information content (AvgIpc) is 2.98. The van der Waals surface area contributed by atoms with Gasteiger partial charge in [-0.1, -0.05) is 120 Å². The maximum atomic E-state index is 13.5. The third-order valence-corrected chi connectivity index (χ3v) is 8.21. The number of ether oxygens (including phenoxy) is 1. The van der Waals surface area contributed by atoms with E-state index in [2.05, 4.69) is 82.6 Å². The molecule has 0 bridgehead atoms. The Bertz CT molecular complexity index is 1290. The van der Waals surface area contributed by atoms with Crippen LogP contribution >= 0.6 is 23.2 Å². The third-order valence-electron chi connectivity index (χ3n) is 7.47. The Morgan fingerprint density at radius 1 is 0.795 bits per heavy atom. The minimum atomic E-state index is -0.593. The number of piperazine rings is 1. The highest BCUT2D eigenvalue weighted by molar-refractivity contribution is 6.42. The Morgan fingerprint density at radius 3 is 1.82 bits per heavy atom. The monoisotopic (exact) mass is 558 g/mol. The van der Waals surface area contributed by atoms with Crippen molar-refractivity contribution in [3.63, 3.8) is 0 Å². The number of rotatable bonds is 8. The van der Waals surface area contributed by atoms with E-state index in [1.807, 2.05) is 37.3 Å². The van der Waals surface area contributed by atoms with Crippen molar-refractivity contribution in [2.45, 2.75) is 25.0 Å². The van der Waals surface area contributed by atoms with Gasteiger partial charge in [-0.3, -0.25) is 14.6 Å². The second-order valence-corrected chi connectivity index (χ2v) is 10.6. The molecular weight excluding hydrogens is 527 g/mol. The van der Waals surface area contributed by atoms with Crippen LogP contribution in [0.15, 0.2) is 109 Å². The molecule has 5 rings (SSSR count). The van der Waals surface area contributed by atoms with Crippen molar-refractivity contribution < 1.29 is 9.53 Å². The maximum absolute atomic E-state index is 13.5. The van der Waals surface area contributed by atoms with E-state index in [4.69, 9.17) is 27.9 Å². The minimum Gasteiger partial charge on any atom is -0.465 e. The van der Waals surface area contributed by atoms with E-state index < -0.39 is 11.6 Å². The zero-order chi connectivity index (χ0) is 27.2. The molecule has 1 atom stereocenters. The number of carbonyl (C=O) groups is 1. The molecule has 0 aliphatic carbocycles. The normalized spacial score (nSPS) is 16.6. The molecule has 4 aromatic carbocycles. The van der Waals surface area contributed by atoms with Crippen molar-refractivity contribution in [2.75, 3.05) is 26.2 Å². The molecular formula is C33H32Cl2N2O2. The lowest BCUT2D eigenvalue weighted by molar-refractivity contribution is -0.153. The van der Waals surface area contributed by atoms with Crippen LogP contribution in [-0.4, -0.2) is 48.1 Å². The van der Waals surface area contributed by atoms with Crippen LogP contribution in [0.4, 0.5) is 0 Å². The van der Waals surface area contributed by atoms with Gasteiger partial charge < -0.3 is 4.74 Å². The Kier molecular flexibility index (Phi) is 8.69. The first-order valence-electron chi connectivity index (χ1n) is 13.3. The SMILES string of the molecule is CCOC(=O)C1CN(C(c2ccccc2)(c2ccccc2)c2ccccc2)CCN1Cc1ccc(Cl)c(Cl)c1. The van der Waals surface area contributed by atoms with Gasteiger partial charge in [-0.05, 0) is 41.3 Å². The van der Waals surface area contributed by atoms with Gasteiger partial charge in [0, 0.05) is 26.2 Å². The number of carbonyl (C=O) groups excluding carboxylic acids is 1. The van der Waals surface area contributed by atoms with E-state index in [1.165, 1.54) is 0 Å². The molecule has 1 fully saturated rings. The van der Waals surface area contributed by atoms with Gasteiger partial charge in [0.2, 0.25) is 0 Å². The molecule has 4 nitrogen and oxygen atoms in total. The van der Waals surface area contributed by atoms with E-state index in [1.54, 1.807) is 6.07 Å². The van der Waals surface area contributed by atoms with Gasteiger partial charge in [0.15, 0.2) is 0 Å². The van der Waals surface area contributed by atoms with E-state index in [-0.39, 0.29) is 5.97 Å². The fourth-order valence-corrected chi connectivity index (χ4v) is 6.06. The molecule has 0 radical (unpaired) electrons. The van der Waals surface area contributed by atoms with E-state index >= 15 is 0 Å². The molecule has 1 aliphatic rings. The summed E-state index contributed by atoms with van der Waals surface area (Å²) in [5.74, 6) is -0.217. The zero-order valence-electron chi connectivity index (χ0n) is 22.0. The Balaban J connectivity index is 1.60. The first-order valence-corrected chi connectivity index (χ1v) is 14.1. The van der Waals surface area contributed by atoms with Crippen LogP contribution in [0.2, 0.25) is 10.0 Å². The van der Waals surface area contributed by atoms with Crippen molar-refractivity contribution in [1.82, 2.24) is 9.80 Å². The molecule has 0 aromatic heterocycles.